The molecule has 0 spiro atoms. The average Bonchev–Trinajstić information content (AvgIpc) is 2.12. The molecule has 1 atom stereocenters. The molecule has 0 aromatic heterocycles. The molecule has 5 nitrogen and oxygen atoms in total. The van der Waals surface area contributed by atoms with Gasteiger partial charge in [-0.3, -0.25) is 9.59 Å². The van der Waals surface area contributed by atoms with Gasteiger partial charge in [-0.1, -0.05) is 0 Å². The van der Waals surface area contributed by atoms with Gasteiger partial charge in [0.05, 0.1) is 0 Å². The third-order valence-electron chi connectivity index (χ3n) is 2.10. The smallest absolute Gasteiger partial charge is 0.323 e. The number of hydrogen-bond donors (Lipinski definition) is 1. The van der Waals surface area contributed by atoms with E-state index < -0.39 is 17.2 Å². The lowest BCUT2D eigenvalue weighted by atomic mass is 10.1. The number of esters is 2. The third kappa shape index (κ3) is 9.47. The van der Waals surface area contributed by atoms with Crippen molar-refractivity contribution in [1.82, 2.24) is 5.32 Å². The van der Waals surface area contributed by atoms with Gasteiger partial charge in [-0.15, -0.1) is 0 Å². The second-order valence-corrected chi connectivity index (χ2v) is 6.50. The predicted molar refractivity (Wildman–Crippen MR) is 73.8 cm³/mol. The summed E-state index contributed by atoms with van der Waals surface area (Å²) in [6.45, 7) is 10.9. The summed E-state index contributed by atoms with van der Waals surface area (Å²) < 4.78 is 10.5. The Kier molecular flexibility index (Phi) is 6.49. The van der Waals surface area contributed by atoms with Gasteiger partial charge in [0.25, 0.3) is 0 Å². The number of hydrogen-bond acceptors (Lipinski definition) is 5. The minimum Gasteiger partial charge on any atom is -0.460 e. The first-order chi connectivity index (χ1) is 8.44. The van der Waals surface area contributed by atoms with Crippen LogP contribution in [0.2, 0.25) is 0 Å². The van der Waals surface area contributed by atoms with Crippen molar-refractivity contribution in [2.45, 2.75) is 71.6 Å². The first-order valence-corrected chi connectivity index (χ1v) is 6.56. The van der Waals surface area contributed by atoms with Crippen molar-refractivity contribution in [3.05, 3.63) is 0 Å². The third-order valence-corrected chi connectivity index (χ3v) is 2.10. The molecular weight excluding hydrogens is 246 g/mol. The molecule has 112 valence electrons. The Bertz CT molecular complexity index is 312. The van der Waals surface area contributed by atoms with Crippen LogP contribution in [0.4, 0.5) is 0 Å². The van der Waals surface area contributed by atoms with E-state index in [0.717, 1.165) is 0 Å². The summed E-state index contributed by atoms with van der Waals surface area (Å²) in [6, 6.07) is -0.494. The van der Waals surface area contributed by atoms with Crippen LogP contribution in [-0.4, -0.2) is 36.2 Å². The summed E-state index contributed by atoms with van der Waals surface area (Å²) in [4.78, 5) is 23.4. The van der Waals surface area contributed by atoms with Gasteiger partial charge in [0.1, 0.15) is 17.2 Å². The highest BCUT2D eigenvalue weighted by molar-refractivity contribution is 5.77. The van der Waals surface area contributed by atoms with E-state index in [1.54, 1.807) is 7.05 Å². The van der Waals surface area contributed by atoms with Crippen LogP contribution < -0.4 is 5.32 Å². The van der Waals surface area contributed by atoms with Crippen LogP contribution in [0.15, 0.2) is 0 Å². The van der Waals surface area contributed by atoms with E-state index in [4.69, 9.17) is 9.47 Å². The Morgan fingerprint density at radius 1 is 1.00 bits per heavy atom. The topological polar surface area (TPSA) is 64.6 Å². The lowest BCUT2D eigenvalue weighted by Gasteiger charge is -2.24. The average molecular weight is 273 g/mol. The van der Waals surface area contributed by atoms with Crippen LogP contribution in [0.25, 0.3) is 0 Å². The number of carbonyl (C=O) groups excluding carboxylic acids is 2. The SMILES string of the molecule is CN[C@@H](CCC(=O)OC(C)(C)C)C(=O)OC(C)(C)C. The first kappa shape index (κ1) is 17.9. The van der Waals surface area contributed by atoms with Gasteiger partial charge in [0, 0.05) is 6.42 Å². The van der Waals surface area contributed by atoms with Crippen LogP contribution >= 0.6 is 0 Å². The van der Waals surface area contributed by atoms with Crippen LogP contribution in [-0.2, 0) is 19.1 Å². The van der Waals surface area contributed by atoms with Gasteiger partial charge in [-0.05, 0) is 55.0 Å². The summed E-state index contributed by atoms with van der Waals surface area (Å²) in [5.41, 5.74) is -1.03. The standard InChI is InChI=1S/C14H27NO4/c1-13(2,3)18-11(16)9-8-10(15-7)12(17)19-14(4,5)6/h10,15H,8-9H2,1-7H3/t10-/m0/s1. The fraction of sp³-hybridized carbons (Fsp3) is 0.857. The quantitative estimate of drug-likeness (QED) is 0.777. The van der Waals surface area contributed by atoms with Gasteiger partial charge >= 0.3 is 11.9 Å². The zero-order valence-corrected chi connectivity index (χ0v) is 13.1. The zero-order valence-electron chi connectivity index (χ0n) is 13.1. The molecule has 0 saturated carbocycles. The maximum atomic E-state index is 11.9. The largest absolute Gasteiger partial charge is 0.460 e. The van der Waals surface area contributed by atoms with Crippen molar-refractivity contribution in [2.75, 3.05) is 7.05 Å². The molecule has 0 fully saturated rings. The first-order valence-electron chi connectivity index (χ1n) is 6.56. The fourth-order valence-corrected chi connectivity index (χ4v) is 1.41. The van der Waals surface area contributed by atoms with Gasteiger partial charge in [-0.2, -0.15) is 0 Å². The number of rotatable bonds is 5. The molecule has 5 heteroatoms. The van der Waals surface area contributed by atoms with E-state index >= 15 is 0 Å². The molecule has 0 saturated heterocycles. The molecule has 0 rings (SSSR count). The van der Waals surface area contributed by atoms with E-state index in [1.165, 1.54) is 0 Å². The van der Waals surface area contributed by atoms with Crippen molar-refractivity contribution < 1.29 is 19.1 Å². The normalized spacial score (nSPS) is 13.8. The highest BCUT2D eigenvalue weighted by Crippen LogP contribution is 2.13. The molecule has 1 N–H and O–H groups in total. The van der Waals surface area contributed by atoms with E-state index in [9.17, 15) is 9.59 Å². The van der Waals surface area contributed by atoms with Crippen molar-refractivity contribution in [2.24, 2.45) is 0 Å². The molecule has 0 amide bonds. The Morgan fingerprint density at radius 3 is 1.84 bits per heavy atom. The highest BCUT2D eigenvalue weighted by Gasteiger charge is 2.25. The molecule has 0 bridgehead atoms. The summed E-state index contributed by atoms with van der Waals surface area (Å²) in [6.07, 6.45) is 0.544. The number of carbonyl (C=O) groups is 2. The predicted octanol–water partition coefficient (Wildman–Crippen LogP) is 2.04. The van der Waals surface area contributed by atoms with Crippen molar-refractivity contribution in [3.63, 3.8) is 0 Å². The summed E-state index contributed by atoms with van der Waals surface area (Å²) in [5.74, 6) is -0.658. The Balaban J connectivity index is 4.28. The molecule has 0 aromatic rings. The fourth-order valence-electron chi connectivity index (χ4n) is 1.41. The molecule has 0 heterocycles. The molecule has 0 aliphatic carbocycles. The van der Waals surface area contributed by atoms with E-state index in [1.807, 2.05) is 41.5 Å². The number of ether oxygens (including phenoxy) is 2. The van der Waals surface area contributed by atoms with E-state index in [0.29, 0.717) is 6.42 Å². The van der Waals surface area contributed by atoms with Gasteiger partial charge in [0.2, 0.25) is 0 Å². The molecule has 0 radical (unpaired) electrons. The van der Waals surface area contributed by atoms with Crippen molar-refractivity contribution >= 4 is 11.9 Å². The van der Waals surface area contributed by atoms with Crippen LogP contribution in [0.5, 0.6) is 0 Å². The van der Waals surface area contributed by atoms with Crippen LogP contribution in [0.3, 0.4) is 0 Å². The molecule has 0 aliphatic heterocycles. The lowest BCUT2D eigenvalue weighted by Crippen LogP contribution is -2.40. The maximum absolute atomic E-state index is 11.9. The minimum absolute atomic E-state index is 0.183. The van der Waals surface area contributed by atoms with Crippen molar-refractivity contribution in [1.29, 1.82) is 0 Å². The second-order valence-electron chi connectivity index (χ2n) is 6.50. The summed E-state index contributed by atoms with van der Waals surface area (Å²) >= 11 is 0. The lowest BCUT2D eigenvalue weighted by molar-refractivity contribution is -0.158. The van der Waals surface area contributed by atoms with Gasteiger partial charge < -0.3 is 14.8 Å². The Morgan fingerprint density at radius 2 is 1.47 bits per heavy atom. The van der Waals surface area contributed by atoms with Crippen LogP contribution in [0, 0.1) is 0 Å². The number of nitrogens with one attached hydrogen (secondary N) is 1. The summed E-state index contributed by atoms with van der Waals surface area (Å²) in [7, 11) is 1.67. The van der Waals surface area contributed by atoms with Gasteiger partial charge in [0.15, 0.2) is 0 Å². The monoisotopic (exact) mass is 273 g/mol. The molecule has 0 aromatic carbocycles. The summed E-state index contributed by atoms with van der Waals surface area (Å²) in [5, 5.41) is 2.86. The minimum atomic E-state index is -0.530. The highest BCUT2D eigenvalue weighted by atomic mass is 16.6. The molecular formula is C14H27NO4. The number of likely N-dealkylation sites (N-methyl/N-ethyl adjacent to an activating group) is 1. The Hall–Kier alpha value is -1.10. The van der Waals surface area contributed by atoms with E-state index in [2.05, 4.69) is 5.32 Å². The molecule has 0 aliphatic rings. The maximum Gasteiger partial charge on any atom is 0.323 e. The second kappa shape index (κ2) is 6.89. The van der Waals surface area contributed by atoms with E-state index in [-0.39, 0.29) is 18.4 Å². The Labute approximate surface area is 116 Å². The van der Waals surface area contributed by atoms with Crippen LogP contribution in [0.1, 0.15) is 54.4 Å². The molecule has 19 heavy (non-hydrogen) atoms. The molecule has 0 unspecified atom stereocenters. The van der Waals surface area contributed by atoms with Crippen molar-refractivity contribution in [3.8, 4) is 0 Å². The zero-order chi connectivity index (χ0) is 15.3. The van der Waals surface area contributed by atoms with Gasteiger partial charge in [-0.25, -0.2) is 0 Å².